The predicted molar refractivity (Wildman–Crippen MR) is 57.5 cm³/mol. The number of thioether (sulfide) groups is 1. The lowest BCUT2D eigenvalue weighted by atomic mass is 10.6. The van der Waals surface area contributed by atoms with Crippen LogP contribution in [0.5, 0.6) is 0 Å². The summed E-state index contributed by atoms with van der Waals surface area (Å²) >= 11 is 1.75. The second-order valence-corrected chi connectivity index (χ2v) is 4.58. The number of rotatable bonds is 6. The van der Waals surface area contributed by atoms with Crippen molar-refractivity contribution in [3.63, 3.8) is 0 Å². The van der Waals surface area contributed by atoms with Crippen molar-refractivity contribution in [1.82, 2.24) is 5.43 Å². The first-order chi connectivity index (χ1) is 5.56. The molecule has 0 fully saturated rings. The van der Waals surface area contributed by atoms with Gasteiger partial charge in [-0.2, -0.15) is 5.10 Å². The number of hydrogen-bond acceptors (Lipinski definition) is 3. The molecule has 72 valence electrons. The number of quaternary nitrogens is 1. The van der Waals surface area contributed by atoms with Gasteiger partial charge in [-0.25, -0.2) is 0 Å². The third-order valence-electron chi connectivity index (χ3n) is 1.26. The summed E-state index contributed by atoms with van der Waals surface area (Å²) in [4.78, 5) is 0. The van der Waals surface area contributed by atoms with E-state index in [1.807, 2.05) is 12.5 Å². The Morgan fingerprint density at radius 2 is 2.08 bits per heavy atom. The average Bonchev–Trinajstić information content (AvgIpc) is 1.94. The van der Waals surface area contributed by atoms with Gasteiger partial charge in [-0.05, 0) is 6.92 Å². The van der Waals surface area contributed by atoms with Crippen molar-refractivity contribution in [3.05, 3.63) is 0 Å². The topological polar surface area (TPSA) is 24.4 Å². The van der Waals surface area contributed by atoms with E-state index in [1.165, 1.54) is 6.54 Å². The van der Waals surface area contributed by atoms with E-state index in [-0.39, 0.29) is 0 Å². The van der Waals surface area contributed by atoms with Crippen LogP contribution in [0.25, 0.3) is 0 Å². The fourth-order valence-electron chi connectivity index (χ4n) is 0.545. The summed E-state index contributed by atoms with van der Waals surface area (Å²) in [5.41, 5.74) is 4.76. The zero-order valence-electron chi connectivity index (χ0n) is 8.50. The van der Waals surface area contributed by atoms with Crippen LogP contribution in [-0.4, -0.2) is 50.0 Å². The molecule has 0 amide bonds. The second kappa shape index (κ2) is 6.31. The average molecular weight is 190 g/mol. The second-order valence-electron chi connectivity index (χ2n) is 3.63. The molecular weight excluding hydrogens is 170 g/mol. The monoisotopic (exact) mass is 190 g/mol. The molecule has 0 aromatic carbocycles. The van der Waals surface area contributed by atoms with E-state index in [0.29, 0.717) is 0 Å². The van der Waals surface area contributed by atoms with Gasteiger partial charge in [0, 0.05) is 12.3 Å². The SMILES string of the molecule is CCNN=CSCC[N+](C)(C)C. The number of nitrogens with zero attached hydrogens (tertiary/aromatic N) is 2. The maximum absolute atomic E-state index is 3.99. The first-order valence-corrected chi connectivity index (χ1v) is 5.27. The van der Waals surface area contributed by atoms with Crippen LogP contribution in [0.15, 0.2) is 5.10 Å². The Labute approximate surface area is 79.8 Å². The summed E-state index contributed by atoms with van der Waals surface area (Å²) in [5.74, 6) is 1.12. The quantitative estimate of drug-likeness (QED) is 0.222. The lowest BCUT2D eigenvalue weighted by molar-refractivity contribution is -0.867. The van der Waals surface area contributed by atoms with Crippen molar-refractivity contribution in [3.8, 4) is 0 Å². The van der Waals surface area contributed by atoms with Crippen LogP contribution >= 0.6 is 11.8 Å². The highest BCUT2D eigenvalue weighted by Gasteiger charge is 2.04. The van der Waals surface area contributed by atoms with Crippen molar-refractivity contribution in [2.45, 2.75) is 6.92 Å². The molecule has 0 atom stereocenters. The van der Waals surface area contributed by atoms with Crippen molar-refractivity contribution in [1.29, 1.82) is 0 Å². The third-order valence-corrected chi connectivity index (χ3v) is 1.93. The van der Waals surface area contributed by atoms with E-state index in [0.717, 1.165) is 16.8 Å². The Bertz CT molecular complexity index is 129. The normalized spacial score (nSPS) is 12.3. The lowest BCUT2D eigenvalue weighted by Gasteiger charge is -2.22. The molecule has 3 nitrogen and oxygen atoms in total. The van der Waals surface area contributed by atoms with Crippen LogP contribution < -0.4 is 5.43 Å². The molecular formula is C8H20N3S+. The molecule has 0 bridgehead atoms. The van der Waals surface area contributed by atoms with Crippen LogP contribution in [-0.2, 0) is 0 Å². The van der Waals surface area contributed by atoms with Gasteiger partial charge in [0.1, 0.15) is 0 Å². The minimum absolute atomic E-state index is 0.895. The van der Waals surface area contributed by atoms with E-state index in [4.69, 9.17) is 0 Å². The standard InChI is InChI=1S/C8H20N3S/c1-5-9-10-8-12-7-6-11(2,3)4/h8-9H,5-7H2,1-4H3/q+1. The molecule has 0 radical (unpaired) electrons. The highest BCUT2D eigenvalue weighted by atomic mass is 32.2. The molecule has 0 unspecified atom stereocenters. The first kappa shape index (κ1) is 11.8. The molecule has 0 aliphatic carbocycles. The van der Waals surface area contributed by atoms with Crippen molar-refractivity contribution in [2.24, 2.45) is 5.10 Å². The Hall–Kier alpha value is -0.220. The fraction of sp³-hybridized carbons (Fsp3) is 0.875. The molecule has 0 rings (SSSR count). The highest BCUT2D eigenvalue weighted by molar-refractivity contribution is 8.12. The molecule has 1 N–H and O–H groups in total. The summed E-state index contributed by atoms with van der Waals surface area (Å²) < 4.78 is 1.02. The Balaban J connectivity index is 3.21. The van der Waals surface area contributed by atoms with Crippen LogP contribution in [0, 0.1) is 0 Å². The zero-order valence-corrected chi connectivity index (χ0v) is 9.32. The van der Waals surface area contributed by atoms with Gasteiger partial charge in [-0.1, -0.05) is 0 Å². The maximum atomic E-state index is 3.99. The van der Waals surface area contributed by atoms with E-state index in [1.54, 1.807) is 11.8 Å². The van der Waals surface area contributed by atoms with Gasteiger partial charge >= 0.3 is 0 Å². The molecule has 0 aromatic rings. The Morgan fingerprint density at radius 3 is 2.58 bits per heavy atom. The van der Waals surface area contributed by atoms with Gasteiger partial charge in [0.25, 0.3) is 0 Å². The first-order valence-electron chi connectivity index (χ1n) is 4.22. The molecule has 0 saturated carbocycles. The number of hydrogen-bond donors (Lipinski definition) is 1. The summed E-state index contributed by atoms with van der Waals surface area (Å²) in [7, 11) is 6.59. The molecule has 0 heterocycles. The van der Waals surface area contributed by atoms with E-state index >= 15 is 0 Å². The van der Waals surface area contributed by atoms with Crippen LogP contribution in [0.1, 0.15) is 6.92 Å². The number of hydrazone groups is 1. The fourth-order valence-corrected chi connectivity index (χ4v) is 1.45. The molecule has 0 spiro atoms. The molecule has 0 aliphatic heterocycles. The molecule has 0 aliphatic rings. The van der Waals surface area contributed by atoms with Gasteiger partial charge in [-0.3, -0.25) is 0 Å². The van der Waals surface area contributed by atoms with Crippen molar-refractivity contribution in [2.75, 3.05) is 40.0 Å². The van der Waals surface area contributed by atoms with E-state index in [9.17, 15) is 0 Å². The smallest absolute Gasteiger partial charge is 0.0876 e. The third kappa shape index (κ3) is 9.78. The Morgan fingerprint density at radius 1 is 1.42 bits per heavy atom. The summed E-state index contributed by atoms with van der Waals surface area (Å²) in [6.07, 6.45) is 0. The van der Waals surface area contributed by atoms with Gasteiger partial charge in [0.15, 0.2) is 0 Å². The largest absolute Gasteiger partial charge is 0.330 e. The minimum Gasteiger partial charge on any atom is -0.330 e. The predicted octanol–water partition coefficient (Wildman–Crippen LogP) is 0.979. The van der Waals surface area contributed by atoms with Gasteiger partial charge < -0.3 is 9.91 Å². The molecule has 0 aromatic heterocycles. The van der Waals surface area contributed by atoms with Crippen LogP contribution in [0.4, 0.5) is 0 Å². The highest BCUT2D eigenvalue weighted by Crippen LogP contribution is 1.98. The van der Waals surface area contributed by atoms with Crippen molar-refractivity contribution >= 4 is 17.3 Å². The van der Waals surface area contributed by atoms with Crippen LogP contribution in [0.2, 0.25) is 0 Å². The summed E-state index contributed by atoms with van der Waals surface area (Å²) in [6.45, 7) is 4.10. The summed E-state index contributed by atoms with van der Waals surface area (Å²) in [6, 6.07) is 0. The molecule has 12 heavy (non-hydrogen) atoms. The van der Waals surface area contributed by atoms with Gasteiger partial charge in [0.2, 0.25) is 0 Å². The summed E-state index contributed by atoms with van der Waals surface area (Å²) in [5, 5.41) is 3.99. The lowest BCUT2D eigenvalue weighted by Crippen LogP contribution is -2.36. The van der Waals surface area contributed by atoms with E-state index < -0.39 is 0 Å². The maximum Gasteiger partial charge on any atom is 0.0876 e. The molecule has 4 heteroatoms. The Kier molecular flexibility index (Phi) is 6.20. The van der Waals surface area contributed by atoms with Crippen molar-refractivity contribution < 1.29 is 4.48 Å². The van der Waals surface area contributed by atoms with Gasteiger partial charge in [-0.15, -0.1) is 11.8 Å². The van der Waals surface area contributed by atoms with Crippen LogP contribution in [0.3, 0.4) is 0 Å². The molecule has 0 saturated heterocycles. The minimum atomic E-state index is 0.895. The number of nitrogens with one attached hydrogen (secondary N) is 1. The van der Waals surface area contributed by atoms with E-state index in [2.05, 4.69) is 31.7 Å². The zero-order chi connectivity index (χ0) is 9.45. The van der Waals surface area contributed by atoms with Gasteiger partial charge in [0.05, 0.1) is 33.2 Å².